The zero-order valence-electron chi connectivity index (χ0n) is 11.6. The lowest BCUT2D eigenvalue weighted by Crippen LogP contribution is -2.05. The van der Waals surface area contributed by atoms with Gasteiger partial charge in [-0.2, -0.15) is 0 Å². The van der Waals surface area contributed by atoms with Crippen molar-refractivity contribution in [3.05, 3.63) is 35.2 Å². The molecule has 2 aliphatic rings. The van der Waals surface area contributed by atoms with Gasteiger partial charge < -0.3 is 19.7 Å². The zero-order valence-corrected chi connectivity index (χ0v) is 11.6. The molecule has 7 heteroatoms. The van der Waals surface area contributed by atoms with Crippen molar-refractivity contribution in [1.82, 2.24) is 4.98 Å². The summed E-state index contributed by atoms with van der Waals surface area (Å²) in [4.78, 5) is 19.7. The van der Waals surface area contributed by atoms with Crippen molar-refractivity contribution in [3.8, 4) is 23.0 Å². The number of benzene rings is 2. The van der Waals surface area contributed by atoms with Crippen LogP contribution < -0.4 is 5.36 Å². The summed E-state index contributed by atoms with van der Waals surface area (Å²) in [7, 11) is 0. The van der Waals surface area contributed by atoms with E-state index in [2.05, 4.69) is 9.98 Å². The van der Waals surface area contributed by atoms with E-state index in [1.807, 2.05) is 6.92 Å². The van der Waals surface area contributed by atoms with Gasteiger partial charge in [0.25, 0.3) is 0 Å². The summed E-state index contributed by atoms with van der Waals surface area (Å²) in [5.41, 5.74) is -0.0394. The molecule has 0 atom stereocenters. The third-order valence-electron chi connectivity index (χ3n) is 3.17. The summed E-state index contributed by atoms with van der Waals surface area (Å²) >= 11 is 0. The van der Waals surface area contributed by atoms with E-state index in [4.69, 9.17) is 4.42 Å². The maximum absolute atomic E-state index is 11.3. The zero-order chi connectivity index (χ0) is 15.9. The second-order valence-corrected chi connectivity index (χ2v) is 4.61. The Morgan fingerprint density at radius 1 is 1.32 bits per heavy atom. The Balaban J connectivity index is 2.44. The van der Waals surface area contributed by atoms with Gasteiger partial charge in [-0.25, -0.2) is 9.78 Å². The van der Waals surface area contributed by atoms with E-state index in [0.29, 0.717) is 23.4 Å². The maximum atomic E-state index is 11.3. The third-order valence-corrected chi connectivity index (χ3v) is 3.17. The number of hydrogen-bond acceptors (Lipinski definition) is 6. The number of aromatic hydroxyl groups is 2. The number of phenols is 2. The van der Waals surface area contributed by atoms with Crippen LogP contribution >= 0.6 is 0 Å². The number of aromatic carboxylic acids is 1. The average Bonchev–Trinajstić information content (AvgIpc) is 2.49. The summed E-state index contributed by atoms with van der Waals surface area (Å²) in [6, 6.07) is 5.97. The number of fused-ring (bicyclic) bond motifs is 2. The Morgan fingerprint density at radius 2 is 2.09 bits per heavy atom. The molecule has 0 unspecified atom stereocenters. The molecule has 3 rings (SSSR count). The highest BCUT2D eigenvalue weighted by atomic mass is 16.4. The third kappa shape index (κ3) is 2.12. The van der Waals surface area contributed by atoms with Gasteiger partial charge in [-0.1, -0.05) is 0 Å². The lowest BCUT2D eigenvalue weighted by Gasteiger charge is -2.10. The van der Waals surface area contributed by atoms with Crippen LogP contribution in [0.15, 0.2) is 33.7 Å². The lowest BCUT2D eigenvalue weighted by molar-refractivity contribution is 0.0698. The van der Waals surface area contributed by atoms with E-state index >= 15 is 0 Å². The first-order valence-electron chi connectivity index (χ1n) is 6.54. The van der Waals surface area contributed by atoms with Crippen molar-refractivity contribution in [1.29, 1.82) is 0 Å². The molecule has 1 heterocycles. The van der Waals surface area contributed by atoms with Gasteiger partial charge in [-0.15, -0.1) is 0 Å². The van der Waals surface area contributed by atoms with Crippen LogP contribution in [0, 0.1) is 0 Å². The summed E-state index contributed by atoms with van der Waals surface area (Å²) in [5, 5.41) is 29.4. The van der Waals surface area contributed by atoms with Gasteiger partial charge >= 0.3 is 5.97 Å². The molecule has 0 bridgehead atoms. The number of carboxylic acids is 1. The van der Waals surface area contributed by atoms with E-state index in [0.717, 1.165) is 6.07 Å². The van der Waals surface area contributed by atoms with E-state index in [9.17, 15) is 20.1 Å². The average molecular weight is 300 g/mol. The fourth-order valence-electron chi connectivity index (χ4n) is 2.18. The first-order valence-corrected chi connectivity index (χ1v) is 6.54. The van der Waals surface area contributed by atoms with E-state index < -0.39 is 17.5 Å². The highest BCUT2D eigenvalue weighted by Gasteiger charge is 2.21. The van der Waals surface area contributed by atoms with Crippen molar-refractivity contribution in [2.45, 2.75) is 6.92 Å². The highest BCUT2D eigenvalue weighted by molar-refractivity contribution is 6.03. The van der Waals surface area contributed by atoms with Crippen LogP contribution in [0.3, 0.4) is 0 Å². The predicted molar refractivity (Wildman–Crippen MR) is 77.0 cm³/mol. The van der Waals surface area contributed by atoms with Gasteiger partial charge in [0, 0.05) is 18.7 Å². The van der Waals surface area contributed by atoms with Crippen molar-refractivity contribution in [3.63, 3.8) is 0 Å². The van der Waals surface area contributed by atoms with E-state index in [-0.39, 0.29) is 16.7 Å². The molecule has 1 aromatic rings. The number of carbonyl (C=O) groups is 1. The minimum Gasteiger partial charge on any atom is -0.504 e. The Kier molecular flexibility index (Phi) is 3.17. The van der Waals surface area contributed by atoms with Gasteiger partial charge in [0.2, 0.25) is 5.75 Å². The largest absolute Gasteiger partial charge is 0.504 e. The Hall–Kier alpha value is -3.09. The number of hydrogen-bond donors (Lipinski definition) is 3. The Morgan fingerprint density at radius 3 is 2.77 bits per heavy atom. The van der Waals surface area contributed by atoms with Crippen molar-refractivity contribution in [2.75, 3.05) is 6.54 Å². The molecule has 0 radical (unpaired) electrons. The topological polar surface area (TPSA) is 116 Å². The van der Waals surface area contributed by atoms with Crippen LogP contribution in [-0.4, -0.2) is 32.8 Å². The molecule has 0 spiro atoms. The SMILES string of the molecule is CC/N=c1\ccc2nc3c(C(=O)O)cc(O)c(O)c3oc-2c1. The van der Waals surface area contributed by atoms with Crippen LogP contribution in [0.4, 0.5) is 0 Å². The van der Waals surface area contributed by atoms with Crippen LogP contribution in [0.5, 0.6) is 11.5 Å². The standard InChI is InChI=1S/C15H12N2O5/c1-2-16-7-3-4-9-11(5-7)22-14-12(17-9)8(15(20)21)6-10(18)13(14)19/h3-6,18-19H,2H2,1H3,(H,20,21)/b16-7+. The van der Waals surface area contributed by atoms with Crippen molar-refractivity contribution in [2.24, 2.45) is 4.99 Å². The summed E-state index contributed by atoms with van der Waals surface area (Å²) in [5.74, 6) is -2.07. The molecule has 0 saturated heterocycles. The van der Waals surface area contributed by atoms with Crippen molar-refractivity contribution >= 4 is 17.1 Å². The molecular weight excluding hydrogens is 288 g/mol. The molecule has 22 heavy (non-hydrogen) atoms. The fourth-order valence-corrected chi connectivity index (χ4v) is 2.18. The Bertz CT molecular complexity index is 929. The monoisotopic (exact) mass is 300 g/mol. The Labute approximate surface area is 124 Å². The smallest absolute Gasteiger partial charge is 0.338 e. The number of rotatable bonds is 2. The fraction of sp³-hybridized carbons (Fsp3) is 0.133. The van der Waals surface area contributed by atoms with E-state index in [1.54, 1.807) is 18.2 Å². The lowest BCUT2D eigenvalue weighted by atomic mass is 10.1. The minimum atomic E-state index is -1.28. The highest BCUT2D eigenvalue weighted by Crippen LogP contribution is 2.37. The van der Waals surface area contributed by atoms with Crippen LogP contribution in [0.2, 0.25) is 0 Å². The first-order chi connectivity index (χ1) is 10.5. The second kappa shape index (κ2) is 5.03. The minimum absolute atomic E-state index is 0.0320. The molecule has 0 aromatic heterocycles. The second-order valence-electron chi connectivity index (χ2n) is 4.61. The quantitative estimate of drug-likeness (QED) is 0.492. The molecule has 1 aliphatic carbocycles. The molecular formula is C15H12N2O5. The molecule has 0 fully saturated rings. The summed E-state index contributed by atoms with van der Waals surface area (Å²) < 4.78 is 5.54. The van der Waals surface area contributed by atoms with Crippen LogP contribution in [0.25, 0.3) is 22.6 Å². The van der Waals surface area contributed by atoms with Gasteiger partial charge in [0.05, 0.1) is 10.9 Å². The van der Waals surface area contributed by atoms with Crippen LogP contribution in [-0.2, 0) is 0 Å². The maximum Gasteiger partial charge on any atom is 0.338 e. The number of nitrogens with zero attached hydrogens (tertiary/aromatic N) is 2. The molecule has 112 valence electrons. The van der Waals surface area contributed by atoms with Gasteiger partial charge in [0.15, 0.2) is 17.1 Å². The van der Waals surface area contributed by atoms with Gasteiger partial charge in [-0.05, 0) is 19.1 Å². The van der Waals surface area contributed by atoms with Crippen LogP contribution in [0.1, 0.15) is 17.3 Å². The number of aromatic nitrogens is 1. The molecule has 0 amide bonds. The first kappa shape index (κ1) is 13.9. The molecule has 1 aromatic carbocycles. The molecule has 7 nitrogen and oxygen atoms in total. The van der Waals surface area contributed by atoms with Gasteiger partial charge in [0.1, 0.15) is 11.2 Å². The predicted octanol–water partition coefficient (Wildman–Crippen LogP) is 1.96. The summed E-state index contributed by atoms with van der Waals surface area (Å²) in [6.07, 6.45) is 0. The normalized spacial score (nSPS) is 12.1. The van der Waals surface area contributed by atoms with Crippen molar-refractivity contribution < 1.29 is 24.5 Å². The number of phenolic OH excluding ortho intramolecular Hbond substituents is 2. The molecule has 0 saturated carbocycles. The number of carboxylic acid groups (broad SMARTS) is 1. The summed E-state index contributed by atoms with van der Waals surface area (Å²) in [6.45, 7) is 2.49. The van der Waals surface area contributed by atoms with E-state index in [1.165, 1.54) is 0 Å². The molecule has 1 aliphatic heterocycles. The molecule has 3 N–H and O–H groups in total. The van der Waals surface area contributed by atoms with Gasteiger partial charge in [-0.3, -0.25) is 4.99 Å².